The van der Waals surface area contributed by atoms with Gasteiger partial charge in [0.25, 0.3) is 5.91 Å². The van der Waals surface area contributed by atoms with Crippen molar-refractivity contribution in [2.75, 3.05) is 17.6 Å². The summed E-state index contributed by atoms with van der Waals surface area (Å²) in [5, 5.41) is 3.38. The fraction of sp³-hybridized carbons (Fsp3) is 0.500. The lowest BCUT2D eigenvalue weighted by atomic mass is 9.98. The van der Waals surface area contributed by atoms with Gasteiger partial charge in [0, 0.05) is 17.9 Å². The van der Waals surface area contributed by atoms with E-state index < -0.39 is 5.91 Å². The van der Waals surface area contributed by atoms with Crippen LogP contribution in [0.1, 0.15) is 36.5 Å². The number of nitrogen functional groups attached to an aromatic ring is 1. The van der Waals surface area contributed by atoms with Crippen LogP contribution in [0.25, 0.3) is 0 Å². The Morgan fingerprint density at radius 2 is 2.22 bits per heavy atom. The van der Waals surface area contributed by atoms with Crippen LogP contribution >= 0.6 is 0 Å². The van der Waals surface area contributed by atoms with E-state index in [9.17, 15) is 4.79 Å². The van der Waals surface area contributed by atoms with Crippen LogP contribution < -0.4 is 16.8 Å². The summed E-state index contributed by atoms with van der Waals surface area (Å²) in [4.78, 5) is 11.2. The lowest BCUT2D eigenvalue weighted by Gasteiger charge is -2.17. The van der Waals surface area contributed by atoms with Gasteiger partial charge in [-0.25, -0.2) is 0 Å². The zero-order chi connectivity index (χ0) is 13.1. The minimum atomic E-state index is -0.481. The first kappa shape index (κ1) is 12.7. The third kappa shape index (κ3) is 2.75. The molecule has 1 fully saturated rings. The fourth-order valence-electron chi connectivity index (χ4n) is 2.65. The Bertz CT molecular complexity index is 445. The van der Waals surface area contributed by atoms with Gasteiger partial charge in [0.05, 0.1) is 5.56 Å². The number of carbonyl (C=O) groups excluding carboxylic acids is 1. The summed E-state index contributed by atoms with van der Waals surface area (Å²) in [6.07, 6.45) is 3.92. The Morgan fingerprint density at radius 3 is 2.83 bits per heavy atom. The maximum Gasteiger partial charge on any atom is 0.250 e. The molecular formula is C14H21N3O. The molecule has 1 aliphatic rings. The molecule has 5 N–H and O–H groups in total. The Balaban J connectivity index is 2.01. The van der Waals surface area contributed by atoms with Crippen LogP contribution in [0.2, 0.25) is 0 Å². The summed E-state index contributed by atoms with van der Waals surface area (Å²) in [5.41, 5.74) is 12.7. The molecule has 4 heteroatoms. The van der Waals surface area contributed by atoms with Crippen molar-refractivity contribution >= 4 is 17.3 Å². The van der Waals surface area contributed by atoms with Crippen molar-refractivity contribution in [1.29, 1.82) is 0 Å². The van der Waals surface area contributed by atoms with Crippen molar-refractivity contribution in [3.8, 4) is 0 Å². The van der Waals surface area contributed by atoms with Gasteiger partial charge in [-0.05, 0) is 36.5 Å². The Hall–Kier alpha value is -1.71. The van der Waals surface area contributed by atoms with Crippen molar-refractivity contribution < 1.29 is 4.79 Å². The van der Waals surface area contributed by atoms with E-state index >= 15 is 0 Å². The Labute approximate surface area is 108 Å². The predicted octanol–water partition coefficient (Wildman–Crippen LogP) is 2.22. The van der Waals surface area contributed by atoms with Crippen LogP contribution in [0.3, 0.4) is 0 Å². The van der Waals surface area contributed by atoms with Gasteiger partial charge in [-0.15, -0.1) is 0 Å². The summed E-state index contributed by atoms with van der Waals surface area (Å²) >= 11 is 0. The minimum absolute atomic E-state index is 0.388. The molecule has 98 valence electrons. The molecule has 2 rings (SSSR count). The van der Waals surface area contributed by atoms with E-state index in [1.54, 1.807) is 12.1 Å². The molecule has 0 heterocycles. The maximum absolute atomic E-state index is 11.2. The highest BCUT2D eigenvalue weighted by Gasteiger charge is 2.22. The number of benzene rings is 1. The number of amides is 1. The van der Waals surface area contributed by atoms with Crippen LogP contribution in [0, 0.1) is 11.8 Å². The van der Waals surface area contributed by atoms with E-state index in [1.165, 1.54) is 19.3 Å². The number of rotatable bonds is 4. The molecule has 0 spiro atoms. The van der Waals surface area contributed by atoms with Crippen molar-refractivity contribution in [3.63, 3.8) is 0 Å². The van der Waals surface area contributed by atoms with Gasteiger partial charge in [0.15, 0.2) is 0 Å². The molecule has 1 aromatic carbocycles. The molecular weight excluding hydrogens is 226 g/mol. The van der Waals surface area contributed by atoms with Crippen LogP contribution in [-0.2, 0) is 0 Å². The van der Waals surface area contributed by atoms with Crippen LogP contribution in [0.5, 0.6) is 0 Å². The topological polar surface area (TPSA) is 81.1 Å². The second-order valence-corrected chi connectivity index (χ2v) is 5.22. The van der Waals surface area contributed by atoms with Crippen molar-refractivity contribution in [2.24, 2.45) is 17.6 Å². The monoisotopic (exact) mass is 247 g/mol. The third-order valence-electron chi connectivity index (χ3n) is 3.93. The first-order chi connectivity index (χ1) is 8.58. The molecule has 0 bridgehead atoms. The van der Waals surface area contributed by atoms with E-state index in [2.05, 4.69) is 12.2 Å². The van der Waals surface area contributed by atoms with Gasteiger partial charge in [-0.2, -0.15) is 0 Å². The number of carbonyl (C=O) groups is 1. The van der Waals surface area contributed by atoms with Gasteiger partial charge in [0.1, 0.15) is 0 Å². The highest BCUT2D eigenvalue weighted by molar-refractivity contribution is 5.98. The lowest BCUT2D eigenvalue weighted by molar-refractivity contribution is 0.100. The molecule has 0 aliphatic heterocycles. The zero-order valence-corrected chi connectivity index (χ0v) is 10.8. The quantitative estimate of drug-likeness (QED) is 0.713. The number of nitrogens with one attached hydrogen (secondary N) is 1. The van der Waals surface area contributed by atoms with E-state index in [4.69, 9.17) is 11.5 Å². The molecule has 1 amide bonds. The SMILES string of the molecule is CC1CCCC1CNc1ccc(N)c(C(N)=O)c1. The number of hydrogen-bond donors (Lipinski definition) is 3. The summed E-state index contributed by atoms with van der Waals surface area (Å²) < 4.78 is 0. The molecule has 4 nitrogen and oxygen atoms in total. The predicted molar refractivity (Wildman–Crippen MR) is 74.4 cm³/mol. The van der Waals surface area contributed by atoms with E-state index in [1.807, 2.05) is 6.07 Å². The number of hydrogen-bond acceptors (Lipinski definition) is 3. The lowest BCUT2D eigenvalue weighted by Crippen LogP contribution is -2.18. The van der Waals surface area contributed by atoms with Gasteiger partial charge in [0.2, 0.25) is 0 Å². The largest absolute Gasteiger partial charge is 0.398 e. The van der Waals surface area contributed by atoms with E-state index in [0.717, 1.165) is 24.1 Å². The molecule has 0 radical (unpaired) electrons. The number of primary amides is 1. The van der Waals surface area contributed by atoms with Crippen molar-refractivity contribution in [1.82, 2.24) is 0 Å². The molecule has 0 saturated heterocycles. The third-order valence-corrected chi connectivity index (χ3v) is 3.93. The summed E-state index contributed by atoms with van der Waals surface area (Å²) in [5.74, 6) is 1.02. The van der Waals surface area contributed by atoms with Crippen LogP contribution in [-0.4, -0.2) is 12.5 Å². The average Bonchev–Trinajstić information content (AvgIpc) is 2.73. The number of nitrogens with two attached hydrogens (primary N) is 2. The van der Waals surface area contributed by atoms with Crippen LogP contribution in [0.15, 0.2) is 18.2 Å². The van der Waals surface area contributed by atoms with E-state index in [0.29, 0.717) is 11.3 Å². The first-order valence-electron chi connectivity index (χ1n) is 6.51. The maximum atomic E-state index is 11.2. The molecule has 1 aromatic rings. The first-order valence-corrected chi connectivity index (χ1v) is 6.51. The van der Waals surface area contributed by atoms with Crippen molar-refractivity contribution in [2.45, 2.75) is 26.2 Å². The fourth-order valence-corrected chi connectivity index (χ4v) is 2.65. The van der Waals surface area contributed by atoms with Gasteiger partial charge in [-0.1, -0.05) is 19.8 Å². The highest BCUT2D eigenvalue weighted by atomic mass is 16.1. The normalized spacial score (nSPS) is 22.9. The molecule has 18 heavy (non-hydrogen) atoms. The van der Waals surface area contributed by atoms with Crippen LogP contribution in [0.4, 0.5) is 11.4 Å². The standard InChI is InChI=1S/C14H21N3O/c1-9-3-2-4-10(9)8-17-11-5-6-13(15)12(7-11)14(16)18/h5-7,9-10,17H,2-4,8,15H2,1H3,(H2,16,18). The molecule has 2 unspecified atom stereocenters. The second kappa shape index (κ2) is 5.29. The Morgan fingerprint density at radius 1 is 1.44 bits per heavy atom. The molecule has 1 saturated carbocycles. The van der Waals surface area contributed by atoms with Gasteiger partial charge in [-0.3, -0.25) is 4.79 Å². The highest BCUT2D eigenvalue weighted by Crippen LogP contribution is 2.31. The smallest absolute Gasteiger partial charge is 0.250 e. The van der Waals surface area contributed by atoms with Gasteiger partial charge < -0.3 is 16.8 Å². The second-order valence-electron chi connectivity index (χ2n) is 5.22. The van der Waals surface area contributed by atoms with E-state index in [-0.39, 0.29) is 0 Å². The minimum Gasteiger partial charge on any atom is -0.398 e. The van der Waals surface area contributed by atoms with Crippen molar-refractivity contribution in [3.05, 3.63) is 23.8 Å². The zero-order valence-electron chi connectivity index (χ0n) is 10.8. The summed E-state index contributed by atoms with van der Waals surface area (Å²) in [6.45, 7) is 3.25. The summed E-state index contributed by atoms with van der Waals surface area (Å²) in [6, 6.07) is 5.35. The summed E-state index contributed by atoms with van der Waals surface area (Å²) in [7, 11) is 0. The molecule has 0 aromatic heterocycles. The number of anilines is 2. The molecule has 1 aliphatic carbocycles. The van der Waals surface area contributed by atoms with Gasteiger partial charge >= 0.3 is 0 Å². The molecule has 2 atom stereocenters. The Kier molecular flexibility index (Phi) is 3.75. The average molecular weight is 247 g/mol.